The number of carbonyl (C=O) groups excluding carboxylic acids is 1. The van der Waals surface area contributed by atoms with Gasteiger partial charge in [0, 0.05) is 19.2 Å². The van der Waals surface area contributed by atoms with E-state index in [0.29, 0.717) is 12.5 Å². The minimum Gasteiger partial charge on any atom is -0.335 e. The van der Waals surface area contributed by atoms with Crippen molar-refractivity contribution in [3.8, 4) is 0 Å². The van der Waals surface area contributed by atoms with Gasteiger partial charge in [0.05, 0.1) is 0 Å². The Morgan fingerprint density at radius 3 is 2.42 bits per heavy atom. The van der Waals surface area contributed by atoms with Gasteiger partial charge in [0.25, 0.3) is 0 Å². The summed E-state index contributed by atoms with van der Waals surface area (Å²) in [5.41, 5.74) is 3.49. The van der Waals surface area contributed by atoms with E-state index in [9.17, 15) is 4.79 Å². The summed E-state index contributed by atoms with van der Waals surface area (Å²) in [5.74, 6) is 0.775. The van der Waals surface area contributed by atoms with E-state index in [2.05, 4.69) is 31.2 Å². The van der Waals surface area contributed by atoms with Gasteiger partial charge in [0.1, 0.15) is 0 Å². The third-order valence-corrected chi connectivity index (χ3v) is 4.73. The Balaban J connectivity index is 1.68. The van der Waals surface area contributed by atoms with Gasteiger partial charge in [-0.2, -0.15) is 0 Å². The van der Waals surface area contributed by atoms with Gasteiger partial charge in [-0.25, -0.2) is 0 Å². The van der Waals surface area contributed by atoms with Crippen LogP contribution < -0.4 is 0 Å². The second-order valence-corrected chi connectivity index (χ2v) is 6.75. The van der Waals surface area contributed by atoms with Gasteiger partial charge in [0.15, 0.2) is 0 Å². The number of benzene rings is 2. The molecule has 3 rings (SSSR count). The average Bonchev–Trinajstić information content (AvgIpc) is 2.57. The normalized spacial score (nSPS) is 14.5. The number of aryl methyl sites for hydroxylation is 1. The van der Waals surface area contributed by atoms with Gasteiger partial charge >= 0.3 is 0 Å². The highest BCUT2D eigenvalue weighted by molar-refractivity contribution is 5.91. The molecule has 1 saturated carbocycles. The zero-order valence-electron chi connectivity index (χ0n) is 14.3. The van der Waals surface area contributed by atoms with Crippen molar-refractivity contribution in [2.45, 2.75) is 32.7 Å². The number of carbonyl (C=O) groups is 1. The maximum atomic E-state index is 12.7. The van der Waals surface area contributed by atoms with Crippen LogP contribution >= 0.6 is 0 Å². The van der Waals surface area contributed by atoms with E-state index in [0.717, 1.165) is 12.1 Å². The molecule has 1 aliphatic carbocycles. The monoisotopic (exact) mass is 319 g/mol. The largest absolute Gasteiger partial charge is 0.335 e. The lowest BCUT2D eigenvalue weighted by atomic mass is 9.85. The summed E-state index contributed by atoms with van der Waals surface area (Å²) in [5, 5.41) is 0. The number of hydrogen-bond donors (Lipinski definition) is 0. The zero-order chi connectivity index (χ0) is 16.8. The highest BCUT2D eigenvalue weighted by Gasteiger charge is 2.22. The van der Waals surface area contributed by atoms with Crippen molar-refractivity contribution < 1.29 is 4.79 Å². The Labute approximate surface area is 144 Å². The molecule has 0 unspecified atom stereocenters. The molecular weight excluding hydrogens is 294 g/mol. The Hall–Kier alpha value is -2.35. The summed E-state index contributed by atoms with van der Waals surface area (Å²) in [6.07, 6.45) is 7.44. The maximum Gasteiger partial charge on any atom is 0.246 e. The van der Waals surface area contributed by atoms with Gasteiger partial charge < -0.3 is 4.90 Å². The predicted octanol–water partition coefficient (Wildman–Crippen LogP) is 4.84. The van der Waals surface area contributed by atoms with E-state index in [4.69, 9.17) is 0 Å². The summed E-state index contributed by atoms with van der Waals surface area (Å²) in [4.78, 5) is 14.7. The van der Waals surface area contributed by atoms with Crippen molar-refractivity contribution in [1.29, 1.82) is 0 Å². The van der Waals surface area contributed by atoms with Crippen LogP contribution in [0, 0.1) is 12.8 Å². The molecule has 0 atom stereocenters. The summed E-state index contributed by atoms with van der Waals surface area (Å²) in [6, 6.07) is 18.5. The number of nitrogens with zero attached hydrogens (tertiary/aromatic N) is 1. The Morgan fingerprint density at radius 1 is 1.08 bits per heavy atom. The second-order valence-electron chi connectivity index (χ2n) is 6.75. The van der Waals surface area contributed by atoms with Crippen LogP contribution in [0.25, 0.3) is 6.08 Å². The first-order valence-electron chi connectivity index (χ1n) is 8.78. The minimum atomic E-state index is 0.103. The van der Waals surface area contributed by atoms with Gasteiger partial charge in [-0.3, -0.25) is 4.79 Å². The van der Waals surface area contributed by atoms with Crippen LogP contribution in [-0.4, -0.2) is 17.4 Å². The fourth-order valence-corrected chi connectivity index (χ4v) is 2.97. The van der Waals surface area contributed by atoms with Crippen molar-refractivity contribution in [1.82, 2.24) is 4.90 Å². The van der Waals surface area contributed by atoms with E-state index in [1.807, 2.05) is 41.3 Å². The molecule has 0 N–H and O–H groups in total. The molecule has 0 bridgehead atoms. The Kier molecular flexibility index (Phi) is 5.47. The van der Waals surface area contributed by atoms with Crippen molar-refractivity contribution in [3.63, 3.8) is 0 Å². The van der Waals surface area contributed by atoms with Crippen LogP contribution in [0.4, 0.5) is 0 Å². The highest BCUT2D eigenvalue weighted by Crippen LogP contribution is 2.27. The maximum absolute atomic E-state index is 12.7. The highest BCUT2D eigenvalue weighted by atomic mass is 16.2. The standard InChI is InChI=1S/C22H25NO/c1-18-10-12-19(13-11-18)14-15-22(24)23(17-21-8-5-9-21)16-20-6-3-2-4-7-20/h2-4,6-7,10-15,21H,5,8-9,16-17H2,1H3/b15-14+. The van der Waals surface area contributed by atoms with Crippen LogP contribution in [0.3, 0.4) is 0 Å². The molecule has 24 heavy (non-hydrogen) atoms. The van der Waals surface area contributed by atoms with Crippen LogP contribution in [0.2, 0.25) is 0 Å². The first kappa shape index (κ1) is 16.5. The van der Waals surface area contributed by atoms with Crippen molar-refractivity contribution in [3.05, 3.63) is 77.4 Å². The zero-order valence-corrected chi connectivity index (χ0v) is 14.3. The average molecular weight is 319 g/mol. The first-order chi connectivity index (χ1) is 11.7. The molecule has 0 heterocycles. The topological polar surface area (TPSA) is 20.3 Å². The third kappa shape index (κ3) is 4.58. The van der Waals surface area contributed by atoms with Crippen molar-refractivity contribution in [2.24, 2.45) is 5.92 Å². The summed E-state index contributed by atoms with van der Waals surface area (Å²) < 4.78 is 0. The van der Waals surface area contributed by atoms with Gasteiger partial charge in [-0.05, 0) is 42.9 Å². The van der Waals surface area contributed by atoms with Gasteiger partial charge in [0.2, 0.25) is 5.91 Å². The molecule has 2 aromatic carbocycles. The van der Waals surface area contributed by atoms with E-state index >= 15 is 0 Å². The molecule has 124 valence electrons. The van der Waals surface area contributed by atoms with Crippen LogP contribution in [0.1, 0.15) is 36.0 Å². The Bertz CT molecular complexity index is 684. The van der Waals surface area contributed by atoms with E-state index in [1.54, 1.807) is 6.08 Å². The molecule has 2 aromatic rings. The van der Waals surface area contributed by atoms with Gasteiger partial charge in [-0.15, -0.1) is 0 Å². The lowest BCUT2D eigenvalue weighted by molar-refractivity contribution is -0.127. The van der Waals surface area contributed by atoms with E-state index in [-0.39, 0.29) is 5.91 Å². The molecule has 0 spiro atoms. The van der Waals surface area contributed by atoms with Gasteiger partial charge in [-0.1, -0.05) is 66.6 Å². The number of amides is 1. The molecule has 0 radical (unpaired) electrons. The molecule has 1 fully saturated rings. The van der Waals surface area contributed by atoms with Crippen molar-refractivity contribution in [2.75, 3.05) is 6.54 Å². The summed E-state index contributed by atoms with van der Waals surface area (Å²) in [7, 11) is 0. The van der Waals surface area contributed by atoms with Crippen LogP contribution in [-0.2, 0) is 11.3 Å². The smallest absolute Gasteiger partial charge is 0.246 e. The molecule has 0 aliphatic heterocycles. The molecule has 0 saturated heterocycles. The molecular formula is C22H25NO. The predicted molar refractivity (Wildman–Crippen MR) is 99.4 cm³/mol. The number of hydrogen-bond acceptors (Lipinski definition) is 1. The number of rotatable bonds is 6. The summed E-state index contributed by atoms with van der Waals surface area (Å²) in [6.45, 7) is 3.62. The molecule has 2 nitrogen and oxygen atoms in total. The first-order valence-corrected chi connectivity index (χ1v) is 8.78. The fraction of sp³-hybridized carbons (Fsp3) is 0.318. The quantitative estimate of drug-likeness (QED) is 0.698. The van der Waals surface area contributed by atoms with E-state index in [1.165, 1.54) is 30.4 Å². The SMILES string of the molecule is Cc1ccc(/C=C/C(=O)N(Cc2ccccc2)CC2CCC2)cc1. The molecule has 0 aromatic heterocycles. The van der Waals surface area contributed by atoms with Crippen LogP contribution in [0.5, 0.6) is 0 Å². The summed E-state index contributed by atoms with van der Waals surface area (Å²) >= 11 is 0. The minimum absolute atomic E-state index is 0.103. The lowest BCUT2D eigenvalue weighted by Gasteiger charge is -2.32. The Morgan fingerprint density at radius 2 is 1.79 bits per heavy atom. The van der Waals surface area contributed by atoms with Crippen LogP contribution in [0.15, 0.2) is 60.7 Å². The molecule has 1 aliphatic rings. The van der Waals surface area contributed by atoms with E-state index < -0.39 is 0 Å². The molecule has 2 heteroatoms. The lowest BCUT2D eigenvalue weighted by Crippen LogP contribution is -2.36. The molecule has 1 amide bonds. The second kappa shape index (κ2) is 7.96. The van der Waals surface area contributed by atoms with Crippen molar-refractivity contribution >= 4 is 12.0 Å². The third-order valence-electron chi connectivity index (χ3n) is 4.73. The fourth-order valence-electron chi connectivity index (χ4n) is 2.97.